The molecule has 7 nitrogen and oxygen atoms in total. The molecule has 0 saturated carbocycles. The number of rotatable bonds is 5. The van der Waals surface area contributed by atoms with Crippen LogP contribution in [0.15, 0.2) is 49.2 Å². The quantitative estimate of drug-likeness (QED) is 0.704. The second-order valence-electron chi connectivity index (χ2n) is 6.44. The van der Waals surface area contributed by atoms with E-state index in [0.717, 1.165) is 49.8 Å². The van der Waals surface area contributed by atoms with E-state index in [9.17, 15) is 0 Å². The first-order valence-electron chi connectivity index (χ1n) is 8.85. The third-order valence-corrected chi connectivity index (χ3v) is 4.75. The predicted molar refractivity (Wildman–Crippen MR) is 98.3 cm³/mol. The maximum absolute atomic E-state index is 5.23. The van der Waals surface area contributed by atoms with Gasteiger partial charge in [0, 0.05) is 43.7 Å². The van der Waals surface area contributed by atoms with Crippen LogP contribution in [0.2, 0.25) is 0 Å². The molecule has 4 heterocycles. The zero-order valence-electron chi connectivity index (χ0n) is 14.8. The van der Waals surface area contributed by atoms with Gasteiger partial charge in [0.2, 0.25) is 5.88 Å². The average Bonchev–Trinajstić information content (AvgIpc) is 3.17. The zero-order chi connectivity index (χ0) is 17.8. The Morgan fingerprint density at radius 3 is 2.96 bits per heavy atom. The minimum Gasteiger partial charge on any atom is -0.481 e. The number of piperidine rings is 1. The molecule has 3 aromatic heterocycles. The molecular formula is C19H22N6O. The molecule has 1 saturated heterocycles. The van der Waals surface area contributed by atoms with Gasteiger partial charge >= 0.3 is 0 Å². The number of aromatic nitrogens is 5. The van der Waals surface area contributed by atoms with Crippen molar-refractivity contribution in [3.63, 3.8) is 0 Å². The summed E-state index contributed by atoms with van der Waals surface area (Å²) >= 11 is 0. The van der Waals surface area contributed by atoms with Crippen LogP contribution < -0.4 is 9.64 Å². The van der Waals surface area contributed by atoms with Crippen LogP contribution in [0.1, 0.15) is 30.3 Å². The van der Waals surface area contributed by atoms with Gasteiger partial charge < -0.3 is 14.2 Å². The number of imidazole rings is 1. The van der Waals surface area contributed by atoms with Crippen LogP contribution in [0.4, 0.5) is 5.82 Å². The van der Waals surface area contributed by atoms with Crippen molar-refractivity contribution in [3.8, 4) is 5.88 Å². The van der Waals surface area contributed by atoms with Crippen LogP contribution in [-0.2, 0) is 6.54 Å². The summed E-state index contributed by atoms with van der Waals surface area (Å²) in [5.74, 6) is 2.97. The summed E-state index contributed by atoms with van der Waals surface area (Å²) in [7, 11) is 1.62. The molecule has 1 aliphatic rings. The Kier molecular flexibility index (Phi) is 4.77. The lowest BCUT2D eigenvalue weighted by Crippen LogP contribution is -2.36. The molecule has 0 spiro atoms. The molecule has 0 radical (unpaired) electrons. The van der Waals surface area contributed by atoms with Gasteiger partial charge in [-0.25, -0.2) is 15.0 Å². The molecule has 0 bridgehead atoms. The minimum absolute atomic E-state index is 0.364. The van der Waals surface area contributed by atoms with Crippen molar-refractivity contribution in [2.75, 3.05) is 25.1 Å². The number of ether oxygens (including phenoxy) is 1. The molecule has 1 atom stereocenters. The third-order valence-electron chi connectivity index (χ3n) is 4.75. The number of nitrogens with zero attached hydrogens (tertiary/aromatic N) is 6. The van der Waals surface area contributed by atoms with Crippen molar-refractivity contribution in [1.82, 2.24) is 24.5 Å². The molecule has 0 N–H and O–H groups in total. The fourth-order valence-corrected chi connectivity index (χ4v) is 3.49. The van der Waals surface area contributed by atoms with Gasteiger partial charge in [0.1, 0.15) is 18.0 Å². The fraction of sp³-hybridized carbons (Fsp3) is 0.368. The molecule has 1 aliphatic heterocycles. The smallest absolute Gasteiger partial charge is 0.218 e. The molecule has 4 rings (SSSR count). The maximum Gasteiger partial charge on any atom is 0.218 e. The molecule has 134 valence electrons. The van der Waals surface area contributed by atoms with Crippen LogP contribution in [0.25, 0.3) is 0 Å². The highest BCUT2D eigenvalue weighted by atomic mass is 16.5. The van der Waals surface area contributed by atoms with Crippen LogP contribution in [0, 0.1) is 0 Å². The van der Waals surface area contributed by atoms with E-state index in [0.29, 0.717) is 11.8 Å². The van der Waals surface area contributed by atoms with Crippen molar-refractivity contribution < 1.29 is 4.74 Å². The summed E-state index contributed by atoms with van der Waals surface area (Å²) in [4.78, 5) is 19.9. The molecular weight excluding hydrogens is 328 g/mol. The molecule has 1 fully saturated rings. The normalized spacial score (nSPS) is 17.3. The van der Waals surface area contributed by atoms with Crippen molar-refractivity contribution in [2.24, 2.45) is 0 Å². The van der Waals surface area contributed by atoms with Gasteiger partial charge in [-0.05, 0) is 25.0 Å². The van der Waals surface area contributed by atoms with E-state index < -0.39 is 0 Å². The Labute approximate surface area is 152 Å². The van der Waals surface area contributed by atoms with E-state index >= 15 is 0 Å². The molecule has 0 aromatic carbocycles. The van der Waals surface area contributed by atoms with E-state index in [1.807, 2.05) is 42.9 Å². The van der Waals surface area contributed by atoms with Crippen LogP contribution in [0.5, 0.6) is 5.88 Å². The van der Waals surface area contributed by atoms with Crippen LogP contribution >= 0.6 is 0 Å². The first kappa shape index (κ1) is 16.5. The van der Waals surface area contributed by atoms with E-state index in [-0.39, 0.29) is 0 Å². The monoisotopic (exact) mass is 350 g/mol. The highest BCUT2D eigenvalue weighted by molar-refractivity contribution is 5.41. The Morgan fingerprint density at radius 2 is 2.12 bits per heavy atom. The van der Waals surface area contributed by atoms with Crippen molar-refractivity contribution >= 4 is 5.82 Å². The lowest BCUT2D eigenvalue weighted by molar-refractivity contribution is 0.396. The van der Waals surface area contributed by atoms with Crippen molar-refractivity contribution in [2.45, 2.75) is 25.3 Å². The lowest BCUT2D eigenvalue weighted by Gasteiger charge is -2.33. The van der Waals surface area contributed by atoms with Gasteiger partial charge in [-0.2, -0.15) is 0 Å². The molecule has 0 amide bonds. The topological polar surface area (TPSA) is 69.0 Å². The standard InChI is InChI=1S/C19H22N6O/c1-26-18-11-17(22-14-23-18)24-9-4-5-15(12-24)19-21-8-10-25(19)13-16-6-2-3-7-20-16/h2-3,6-8,10-11,14-15H,4-5,9,12-13H2,1H3. The summed E-state index contributed by atoms with van der Waals surface area (Å²) in [6, 6.07) is 7.89. The second kappa shape index (κ2) is 7.51. The van der Waals surface area contributed by atoms with Gasteiger partial charge in [0.05, 0.1) is 19.3 Å². The average molecular weight is 350 g/mol. The number of anilines is 1. The number of methoxy groups -OCH3 is 1. The Balaban J connectivity index is 1.52. The minimum atomic E-state index is 0.364. The summed E-state index contributed by atoms with van der Waals surface area (Å²) in [6.45, 7) is 2.62. The lowest BCUT2D eigenvalue weighted by atomic mass is 9.97. The van der Waals surface area contributed by atoms with Crippen molar-refractivity contribution in [3.05, 3.63) is 60.7 Å². The van der Waals surface area contributed by atoms with E-state index in [1.165, 1.54) is 0 Å². The Bertz CT molecular complexity index is 850. The van der Waals surface area contributed by atoms with Crippen LogP contribution in [0.3, 0.4) is 0 Å². The summed E-state index contributed by atoms with van der Waals surface area (Å²) < 4.78 is 7.43. The fourth-order valence-electron chi connectivity index (χ4n) is 3.49. The highest BCUT2D eigenvalue weighted by Crippen LogP contribution is 2.29. The van der Waals surface area contributed by atoms with E-state index in [4.69, 9.17) is 4.74 Å². The molecule has 26 heavy (non-hydrogen) atoms. The SMILES string of the molecule is COc1cc(N2CCCC(c3nccn3Cc3ccccn3)C2)ncn1. The second-order valence-corrected chi connectivity index (χ2v) is 6.44. The van der Waals surface area contributed by atoms with E-state index in [1.54, 1.807) is 13.4 Å². The molecule has 7 heteroatoms. The summed E-state index contributed by atoms with van der Waals surface area (Å²) in [5, 5.41) is 0. The van der Waals surface area contributed by atoms with E-state index in [2.05, 4.69) is 29.4 Å². The van der Waals surface area contributed by atoms with Crippen molar-refractivity contribution in [1.29, 1.82) is 0 Å². The molecule has 3 aromatic rings. The Morgan fingerprint density at radius 1 is 1.15 bits per heavy atom. The first-order valence-corrected chi connectivity index (χ1v) is 8.85. The zero-order valence-corrected chi connectivity index (χ0v) is 14.8. The van der Waals surface area contributed by atoms with Gasteiger partial charge in [0.25, 0.3) is 0 Å². The van der Waals surface area contributed by atoms with Crippen LogP contribution in [-0.4, -0.2) is 44.7 Å². The van der Waals surface area contributed by atoms with Gasteiger partial charge in [0.15, 0.2) is 0 Å². The van der Waals surface area contributed by atoms with Gasteiger partial charge in [-0.1, -0.05) is 6.07 Å². The maximum atomic E-state index is 5.23. The highest BCUT2D eigenvalue weighted by Gasteiger charge is 2.26. The Hall–Kier alpha value is -2.96. The number of hydrogen-bond donors (Lipinski definition) is 0. The first-order chi connectivity index (χ1) is 12.8. The summed E-state index contributed by atoms with van der Waals surface area (Å²) in [5.41, 5.74) is 1.04. The van der Waals surface area contributed by atoms with Gasteiger partial charge in [-0.15, -0.1) is 0 Å². The predicted octanol–water partition coefficient (Wildman–Crippen LogP) is 2.51. The number of hydrogen-bond acceptors (Lipinski definition) is 6. The molecule has 1 unspecified atom stereocenters. The number of pyridine rings is 1. The molecule has 0 aliphatic carbocycles. The largest absolute Gasteiger partial charge is 0.481 e. The summed E-state index contributed by atoms with van der Waals surface area (Å²) in [6.07, 6.45) is 9.53. The van der Waals surface area contributed by atoms with Gasteiger partial charge in [-0.3, -0.25) is 4.98 Å². The third kappa shape index (κ3) is 3.51.